The van der Waals surface area contributed by atoms with Crippen LogP contribution in [0.15, 0.2) is 36.7 Å². The summed E-state index contributed by atoms with van der Waals surface area (Å²) < 4.78 is 1.84. The molecule has 0 N–H and O–H groups in total. The van der Waals surface area contributed by atoms with Crippen molar-refractivity contribution in [1.29, 1.82) is 0 Å². The lowest BCUT2D eigenvalue weighted by Crippen LogP contribution is -2.50. The van der Waals surface area contributed by atoms with Crippen LogP contribution >= 0.6 is 23.2 Å². The maximum atomic E-state index is 12.6. The molecule has 24 heavy (non-hydrogen) atoms. The molecule has 2 aromatic rings. The van der Waals surface area contributed by atoms with Gasteiger partial charge in [-0.05, 0) is 24.3 Å². The molecule has 7 heteroatoms. The molecule has 126 valence electrons. The van der Waals surface area contributed by atoms with E-state index in [0.29, 0.717) is 47.4 Å². The lowest BCUT2D eigenvalue weighted by molar-refractivity contribution is 0.0535. The predicted molar refractivity (Wildman–Crippen MR) is 93.7 cm³/mol. The van der Waals surface area contributed by atoms with Gasteiger partial charge in [-0.1, -0.05) is 23.2 Å². The van der Waals surface area contributed by atoms with E-state index < -0.39 is 0 Å². The van der Waals surface area contributed by atoms with E-state index >= 15 is 0 Å². The minimum Gasteiger partial charge on any atom is -0.356 e. The normalized spacial score (nSPS) is 14.8. The van der Waals surface area contributed by atoms with Crippen molar-refractivity contribution < 1.29 is 9.59 Å². The highest BCUT2D eigenvalue weighted by Gasteiger charge is 2.26. The molecular formula is C17H17Cl2N3O2. The zero-order valence-corrected chi connectivity index (χ0v) is 14.7. The van der Waals surface area contributed by atoms with E-state index in [1.807, 2.05) is 17.8 Å². The van der Waals surface area contributed by atoms with Gasteiger partial charge in [0.05, 0.1) is 16.1 Å². The van der Waals surface area contributed by atoms with Crippen LogP contribution in [0.3, 0.4) is 0 Å². The lowest BCUT2D eigenvalue weighted by atomic mass is 10.1. The van der Waals surface area contributed by atoms with Crippen molar-refractivity contribution in [3.05, 3.63) is 57.8 Å². The Bertz CT molecular complexity index is 780. The van der Waals surface area contributed by atoms with E-state index in [0.717, 1.165) is 0 Å². The summed E-state index contributed by atoms with van der Waals surface area (Å²) in [6.07, 6.45) is 3.64. The van der Waals surface area contributed by atoms with Gasteiger partial charge in [-0.3, -0.25) is 9.59 Å². The summed E-state index contributed by atoms with van der Waals surface area (Å²) in [5.41, 5.74) is 1.10. The van der Waals surface area contributed by atoms with E-state index in [2.05, 4.69) is 0 Å². The molecule has 0 unspecified atom stereocenters. The quantitative estimate of drug-likeness (QED) is 0.821. The summed E-state index contributed by atoms with van der Waals surface area (Å²) in [5, 5.41) is 0.838. The monoisotopic (exact) mass is 365 g/mol. The van der Waals surface area contributed by atoms with Gasteiger partial charge in [-0.2, -0.15) is 0 Å². The SMILES string of the molecule is Cn1ccc(C(=O)N2CCN(C(=O)c3ccc(Cl)cc3Cl)CC2)c1. The van der Waals surface area contributed by atoms with Crippen LogP contribution in [0.1, 0.15) is 20.7 Å². The fourth-order valence-corrected chi connectivity index (χ4v) is 3.25. The number of halogens is 2. The first-order chi connectivity index (χ1) is 11.5. The van der Waals surface area contributed by atoms with Crippen LogP contribution in [0.25, 0.3) is 0 Å². The summed E-state index contributed by atoms with van der Waals surface area (Å²) in [5.74, 6) is -0.143. The number of aromatic nitrogens is 1. The molecule has 2 heterocycles. The number of nitrogens with zero attached hydrogens (tertiary/aromatic N) is 3. The molecule has 1 aliphatic heterocycles. The Kier molecular flexibility index (Phi) is 4.83. The predicted octanol–water partition coefficient (Wildman–Crippen LogP) is 2.93. The molecule has 0 spiro atoms. The summed E-state index contributed by atoms with van der Waals surface area (Å²) in [6.45, 7) is 1.97. The number of amides is 2. The number of aryl methyl sites for hydroxylation is 1. The summed E-state index contributed by atoms with van der Waals surface area (Å²) in [7, 11) is 1.88. The molecule has 2 amide bonds. The van der Waals surface area contributed by atoms with Crippen molar-refractivity contribution in [2.45, 2.75) is 0 Å². The maximum Gasteiger partial charge on any atom is 0.255 e. The van der Waals surface area contributed by atoms with Crippen molar-refractivity contribution in [2.24, 2.45) is 7.05 Å². The van der Waals surface area contributed by atoms with Crippen LogP contribution in [0, 0.1) is 0 Å². The Morgan fingerprint density at radius 2 is 1.58 bits per heavy atom. The molecule has 1 aromatic heterocycles. The minimum atomic E-state index is -0.136. The molecule has 5 nitrogen and oxygen atoms in total. The zero-order valence-electron chi connectivity index (χ0n) is 13.2. The van der Waals surface area contributed by atoms with E-state index in [9.17, 15) is 9.59 Å². The number of hydrogen-bond donors (Lipinski definition) is 0. The number of carbonyl (C=O) groups excluding carboxylic acids is 2. The van der Waals surface area contributed by atoms with Crippen LogP contribution in [0.5, 0.6) is 0 Å². The lowest BCUT2D eigenvalue weighted by Gasteiger charge is -2.34. The second-order valence-corrected chi connectivity index (χ2v) is 6.62. The molecule has 0 atom stereocenters. The molecule has 0 saturated carbocycles. The molecular weight excluding hydrogens is 349 g/mol. The summed E-state index contributed by atoms with van der Waals surface area (Å²) in [4.78, 5) is 28.5. The highest BCUT2D eigenvalue weighted by atomic mass is 35.5. The second kappa shape index (κ2) is 6.87. The van der Waals surface area contributed by atoms with Crippen molar-refractivity contribution >= 4 is 35.0 Å². The van der Waals surface area contributed by atoms with Crippen molar-refractivity contribution in [3.8, 4) is 0 Å². The Morgan fingerprint density at radius 1 is 0.958 bits per heavy atom. The van der Waals surface area contributed by atoms with Crippen LogP contribution < -0.4 is 0 Å². The Balaban J connectivity index is 1.64. The highest BCUT2D eigenvalue weighted by Crippen LogP contribution is 2.23. The van der Waals surface area contributed by atoms with Crippen molar-refractivity contribution in [1.82, 2.24) is 14.4 Å². The number of piperazine rings is 1. The molecule has 1 aliphatic rings. The smallest absolute Gasteiger partial charge is 0.255 e. The summed E-state index contributed by atoms with van der Waals surface area (Å²) >= 11 is 12.0. The topological polar surface area (TPSA) is 45.6 Å². The molecule has 1 fully saturated rings. The van der Waals surface area contributed by atoms with Gasteiger partial charge in [0.25, 0.3) is 11.8 Å². The average molecular weight is 366 g/mol. The first-order valence-corrected chi connectivity index (χ1v) is 8.37. The molecule has 0 bridgehead atoms. The van der Waals surface area contributed by atoms with Crippen molar-refractivity contribution in [3.63, 3.8) is 0 Å². The Morgan fingerprint density at radius 3 is 2.12 bits per heavy atom. The molecule has 1 aromatic carbocycles. The molecule has 1 saturated heterocycles. The van der Waals surface area contributed by atoms with Gasteiger partial charge < -0.3 is 14.4 Å². The number of hydrogen-bond acceptors (Lipinski definition) is 2. The van der Waals surface area contributed by atoms with Gasteiger partial charge in [0.1, 0.15) is 0 Å². The standard InChI is InChI=1S/C17H17Cl2N3O2/c1-20-5-4-12(11-20)16(23)21-6-8-22(9-7-21)17(24)14-3-2-13(18)10-15(14)19/h2-5,10-11H,6-9H2,1H3. The Hall–Kier alpha value is -1.98. The third-order valence-corrected chi connectivity index (χ3v) is 4.64. The van der Waals surface area contributed by atoms with Crippen LogP contribution in [0.2, 0.25) is 10.0 Å². The zero-order chi connectivity index (χ0) is 17.3. The maximum absolute atomic E-state index is 12.6. The van der Waals surface area contributed by atoms with E-state index in [1.54, 1.807) is 40.3 Å². The van der Waals surface area contributed by atoms with Gasteiger partial charge in [0.15, 0.2) is 0 Å². The molecule has 0 radical (unpaired) electrons. The number of carbonyl (C=O) groups is 2. The van der Waals surface area contributed by atoms with Crippen LogP contribution in [-0.2, 0) is 7.05 Å². The van der Waals surface area contributed by atoms with E-state index in [4.69, 9.17) is 23.2 Å². The third kappa shape index (κ3) is 3.42. The van der Waals surface area contributed by atoms with Crippen LogP contribution in [-0.4, -0.2) is 52.4 Å². The second-order valence-electron chi connectivity index (χ2n) is 5.77. The third-order valence-electron chi connectivity index (χ3n) is 4.09. The fourth-order valence-electron chi connectivity index (χ4n) is 2.76. The minimum absolute atomic E-state index is 0.00720. The largest absolute Gasteiger partial charge is 0.356 e. The van der Waals surface area contributed by atoms with Gasteiger partial charge in [0.2, 0.25) is 0 Å². The van der Waals surface area contributed by atoms with Gasteiger partial charge >= 0.3 is 0 Å². The molecule has 0 aliphatic carbocycles. The van der Waals surface area contributed by atoms with Crippen molar-refractivity contribution in [2.75, 3.05) is 26.2 Å². The van der Waals surface area contributed by atoms with Gasteiger partial charge in [-0.15, -0.1) is 0 Å². The first-order valence-electron chi connectivity index (χ1n) is 7.61. The number of rotatable bonds is 2. The Labute approximate surface area is 150 Å². The van der Waals surface area contributed by atoms with E-state index in [-0.39, 0.29) is 11.8 Å². The van der Waals surface area contributed by atoms with Crippen LogP contribution in [0.4, 0.5) is 0 Å². The molecule has 3 rings (SSSR count). The summed E-state index contributed by atoms with van der Waals surface area (Å²) in [6, 6.07) is 6.64. The first kappa shape index (κ1) is 16.9. The number of benzene rings is 1. The van der Waals surface area contributed by atoms with Gasteiger partial charge in [-0.25, -0.2) is 0 Å². The van der Waals surface area contributed by atoms with Gasteiger partial charge in [0, 0.05) is 50.6 Å². The highest BCUT2D eigenvalue weighted by molar-refractivity contribution is 6.36. The average Bonchev–Trinajstić information content (AvgIpc) is 3.00. The van der Waals surface area contributed by atoms with E-state index in [1.165, 1.54) is 0 Å². The fraction of sp³-hybridized carbons (Fsp3) is 0.294.